The Kier molecular flexibility index (Phi) is 2.54. The van der Waals surface area contributed by atoms with Crippen LogP contribution in [0.15, 0.2) is 36.4 Å². The van der Waals surface area contributed by atoms with E-state index in [1.165, 1.54) is 0 Å². The van der Waals surface area contributed by atoms with Crippen LogP contribution in [0.3, 0.4) is 0 Å². The van der Waals surface area contributed by atoms with Crippen molar-refractivity contribution in [1.29, 1.82) is 0 Å². The molecule has 1 amide bonds. The number of hydrogen-bond donors (Lipinski definition) is 1. The fourth-order valence-electron chi connectivity index (χ4n) is 2.83. The zero-order chi connectivity index (χ0) is 14.4. The minimum absolute atomic E-state index is 0.0389. The van der Waals surface area contributed by atoms with Crippen molar-refractivity contribution in [3.05, 3.63) is 47.7 Å². The van der Waals surface area contributed by atoms with Gasteiger partial charge in [-0.15, -0.1) is 0 Å². The number of carbonyl (C=O) groups is 1. The van der Waals surface area contributed by atoms with Crippen molar-refractivity contribution < 1.29 is 4.79 Å². The van der Waals surface area contributed by atoms with Gasteiger partial charge in [-0.25, -0.2) is 9.97 Å². The van der Waals surface area contributed by atoms with Crippen LogP contribution in [0.4, 0.5) is 0 Å². The van der Waals surface area contributed by atoms with E-state index in [0.29, 0.717) is 18.7 Å². The molecule has 0 atom stereocenters. The fourth-order valence-corrected chi connectivity index (χ4v) is 2.83. The van der Waals surface area contributed by atoms with Gasteiger partial charge in [-0.05, 0) is 31.2 Å². The van der Waals surface area contributed by atoms with Crippen molar-refractivity contribution in [2.24, 2.45) is 0 Å². The first-order chi connectivity index (χ1) is 10.2. The first kappa shape index (κ1) is 12.1. The SMILES string of the molecule is Cc1cccc(-c2nc3cccc4c3n2CCNC4=O)n1. The average molecular weight is 278 g/mol. The van der Waals surface area contributed by atoms with Crippen molar-refractivity contribution in [3.63, 3.8) is 0 Å². The van der Waals surface area contributed by atoms with E-state index in [1.807, 2.05) is 43.3 Å². The van der Waals surface area contributed by atoms with Crippen molar-refractivity contribution in [1.82, 2.24) is 19.9 Å². The van der Waals surface area contributed by atoms with Gasteiger partial charge in [0, 0.05) is 18.8 Å². The number of para-hydroxylation sites is 1. The number of hydrogen-bond acceptors (Lipinski definition) is 3. The lowest BCUT2D eigenvalue weighted by Crippen LogP contribution is -2.24. The van der Waals surface area contributed by atoms with Crippen LogP contribution < -0.4 is 5.32 Å². The Bertz CT molecular complexity index is 866. The molecule has 1 N–H and O–H groups in total. The van der Waals surface area contributed by atoms with Crippen LogP contribution in [0.2, 0.25) is 0 Å². The Morgan fingerprint density at radius 3 is 2.86 bits per heavy atom. The number of aryl methyl sites for hydroxylation is 1. The predicted molar refractivity (Wildman–Crippen MR) is 80.0 cm³/mol. The number of aromatic nitrogens is 3. The summed E-state index contributed by atoms with van der Waals surface area (Å²) in [6, 6.07) is 11.5. The van der Waals surface area contributed by atoms with Gasteiger partial charge in [-0.3, -0.25) is 4.79 Å². The second kappa shape index (κ2) is 4.41. The number of imidazole rings is 1. The largest absolute Gasteiger partial charge is 0.350 e. The van der Waals surface area contributed by atoms with E-state index >= 15 is 0 Å². The quantitative estimate of drug-likeness (QED) is 0.742. The number of amides is 1. The third kappa shape index (κ3) is 1.81. The third-order valence-corrected chi connectivity index (χ3v) is 3.75. The molecule has 0 fully saturated rings. The molecule has 0 radical (unpaired) electrons. The maximum atomic E-state index is 12.1. The van der Waals surface area contributed by atoms with Crippen molar-refractivity contribution in [3.8, 4) is 11.5 Å². The highest BCUT2D eigenvalue weighted by atomic mass is 16.1. The molecule has 5 heteroatoms. The van der Waals surface area contributed by atoms with Gasteiger partial charge in [0.25, 0.3) is 5.91 Å². The van der Waals surface area contributed by atoms with E-state index < -0.39 is 0 Å². The van der Waals surface area contributed by atoms with Crippen LogP contribution in [0.5, 0.6) is 0 Å². The molecule has 2 aromatic heterocycles. The highest BCUT2D eigenvalue weighted by Crippen LogP contribution is 2.27. The molecular weight excluding hydrogens is 264 g/mol. The molecule has 3 heterocycles. The lowest BCUT2D eigenvalue weighted by Gasteiger charge is -2.07. The summed E-state index contributed by atoms with van der Waals surface area (Å²) in [5.41, 5.74) is 4.20. The summed E-state index contributed by atoms with van der Waals surface area (Å²) >= 11 is 0. The second-order valence-corrected chi connectivity index (χ2v) is 5.18. The normalized spacial score (nSPS) is 14.0. The van der Waals surface area contributed by atoms with Crippen LogP contribution in [0, 0.1) is 6.92 Å². The summed E-state index contributed by atoms with van der Waals surface area (Å²) in [5.74, 6) is 0.778. The molecule has 1 aliphatic heterocycles. The molecule has 104 valence electrons. The molecular formula is C16H14N4O. The molecule has 3 aromatic rings. The van der Waals surface area contributed by atoms with E-state index in [1.54, 1.807) is 0 Å². The van der Waals surface area contributed by atoms with Gasteiger partial charge >= 0.3 is 0 Å². The molecule has 0 saturated carbocycles. The zero-order valence-corrected chi connectivity index (χ0v) is 11.6. The molecule has 1 aromatic carbocycles. The number of rotatable bonds is 1. The van der Waals surface area contributed by atoms with Gasteiger partial charge in [0.1, 0.15) is 5.69 Å². The molecule has 0 saturated heterocycles. The summed E-state index contributed by atoms with van der Waals surface area (Å²) in [6.45, 7) is 3.26. The molecule has 4 rings (SSSR count). The molecule has 21 heavy (non-hydrogen) atoms. The Hall–Kier alpha value is -2.69. The topological polar surface area (TPSA) is 59.8 Å². The minimum Gasteiger partial charge on any atom is -0.350 e. The Labute approximate surface area is 121 Å². The maximum absolute atomic E-state index is 12.1. The summed E-state index contributed by atoms with van der Waals surface area (Å²) < 4.78 is 2.09. The summed E-state index contributed by atoms with van der Waals surface area (Å²) in [6.07, 6.45) is 0. The molecule has 0 unspecified atom stereocenters. The highest BCUT2D eigenvalue weighted by Gasteiger charge is 2.21. The van der Waals surface area contributed by atoms with E-state index in [2.05, 4.69) is 14.9 Å². The highest BCUT2D eigenvalue weighted by molar-refractivity contribution is 6.06. The average Bonchev–Trinajstić information content (AvgIpc) is 2.77. The summed E-state index contributed by atoms with van der Waals surface area (Å²) in [4.78, 5) is 21.4. The number of carbonyl (C=O) groups excluding carboxylic acids is 1. The van der Waals surface area contributed by atoms with Gasteiger partial charge in [0.15, 0.2) is 5.82 Å². The van der Waals surface area contributed by atoms with E-state index in [9.17, 15) is 4.79 Å². The first-order valence-corrected chi connectivity index (χ1v) is 6.95. The smallest absolute Gasteiger partial charge is 0.253 e. The fraction of sp³-hybridized carbons (Fsp3) is 0.188. The van der Waals surface area contributed by atoms with E-state index in [4.69, 9.17) is 4.98 Å². The predicted octanol–water partition coefficient (Wildman–Crippen LogP) is 2.15. The van der Waals surface area contributed by atoms with E-state index in [-0.39, 0.29) is 5.91 Å². The molecule has 0 spiro atoms. The molecule has 0 aliphatic carbocycles. The van der Waals surface area contributed by atoms with Crippen molar-refractivity contribution in [2.75, 3.05) is 6.54 Å². The van der Waals surface area contributed by atoms with Crippen LogP contribution in [-0.2, 0) is 6.54 Å². The van der Waals surface area contributed by atoms with Crippen LogP contribution in [-0.4, -0.2) is 27.0 Å². The number of nitrogens with one attached hydrogen (secondary N) is 1. The van der Waals surface area contributed by atoms with Gasteiger partial charge in [0.2, 0.25) is 0 Å². The summed E-state index contributed by atoms with van der Waals surface area (Å²) in [7, 11) is 0. The van der Waals surface area contributed by atoms with Crippen molar-refractivity contribution in [2.45, 2.75) is 13.5 Å². The second-order valence-electron chi connectivity index (χ2n) is 5.18. The third-order valence-electron chi connectivity index (χ3n) is 3.75. The van der Waals surface area contributed by atoms with E-state index in [0.717, 1.165) is 28.2 Å². The van der Waals surface area contributed by atoms with Gasteiger partial charge in [0.05, 0.1) is 16.6 Å². The first-order valence-electron chi connectivity index (χ1n) is 6.95. The number of benzene rings is 1. The Morgan fingerprint density at radius 2 is 2.00 bits per heavy atom. The molecule has 5 nitrogen and oxygen atoms in total. The minimum atomic E-state index is -0.0389. The standard InChI is InChI=1S/C16H14N4O/c1-10-4-2-7-13(18-10)15-19-12-6-3-5-11-14(12)20(15)9-8-17-16(11)21/h2-7H,8-9H2,1H3,(H,17,21). The Balaban J connectivity index is 2.05. The van der Waals surface area contributed by atoms with Crippen LogP contribution >= 0.6 is 0 Å². The van der Waals surface area contributed by atoms with Crippen LogP contribution in [0.1, 0.15) is 16.1 Å². The van der Waals surface area contributed by atoms with Crippen LogP contribution in [0.25, 0.3) is 22.6 Å². The van der Waals surface area contributed by atoms with Gasteiger partial charge < -0.3 is 9.88 Å². The van der Waals surface area contributed by atoms with Gasteiger partial charge in [-0.1, -0.05) is 12.1 Å². The summed E-state index contributed by atoms with van der Waals surface area (Å²) in [5, 5.41) is 2.92. The Morgan fingerprint density at radius 1 is 1.14 bits per heavy atom. The zero-order valence-electron chi connectivity index (χ0n) is 11.6. The molecule has 1 aliphatic rings. The lowest BCUT2D eigenvalue weighted by atomic mass is 10.2. The number of nitrogens with zero attached hydrogens (tertiary/aromatic N) is 3. The lowest BCUT2D eigenvalue weighted by molar-refractivity contribution is 0.0956. The van der Waals surface area contributed by atoms with Gasteiger partial charge in [-0.2, -0.15) is 0 Å². The maximum Gasteiger partial charge on any atom is 0.253 e. The number of pyridine rings is 1. The monoisotopic (exact) mass is 278 g/mol. The van der Waals surface area contributed by atoms with Crippen molar-refractivity contribution >= 4 is 16.9 Å². The molecule has 0 bridgehead atoms.